The van der Waals surface area contributed by atoms with E-state index in [9.17, 15) is 4.79 Å². The molecule has 172 valence electrons. The standard InChI is InChI=1S/C30H30N2O2/c1-20-26(21-10-6-4-7-11-21)25-18-19-31-28(23-14-16-24(34-3)17-15-23)27(22-12-8-5-9-13-22)29(33)30(20,2)32(25)31/h4-17,25,27-28H,18-19H2,1-3H3/t25-,27-,28-,30-/m0/s1. The highest BCUT2D eigenvalue weighted by Gasteiger charge is 2.64. The number of carbonyl (C=O) groups is 1. The Hall–Kier alpha value is -3.21. The molecule has 3 aliphatic rings. The highest BCUT2D eigenvalue weighted by atomic mass is 16.5. The summed E-state index contributed by atoms with van der Waals surface area (Å²) in [4.78, 5) is 14.6. The maximum Gasteiger partial charge on any atom is 0.167 e. The van der Waals surface area contributed by atoms with Crippen molar-refractivity contribution in [2.75, 3.05) is 13.7 Å². The summed E-state index contributed by atoms with van der Waals surface area (Å²) in [5.74, 6) is 0.863. The molecular formula is C30H30N2O2. The third-order valence-corrected chi connectivity index (χ3v) is 8.23. The van der Waals surface area contributed by atoms with Gasteiger partial charge in [0, 0.05) is 6.54 Å². The van der Waals surface area contributed by atoms with Gasteiger partial charge in [0.25, 0.3) is 0 Å². The van der Waals surface area contributed by atoms with Gasteiger partial charge in [-0.05, 0) is 60.2 Å². The van der Waals surface area contributed by atoms with Crippen LogP contribution in [0, 0.1) is 0 Å². The third-order valence-electron chi connectivity index (χ3n) is 8.23. The van der Waals surface area contributed by atoms with Gasteiger partial charge < -0.3 is 4.74 Å². The van der Waals surface area contributed by atoms with Crippen LogP contribution in [0.3, 0.4) is 0 Å². The Morgan fingerprint density at radius 2 is 1.53 bits per heavy atom. The van der Waals surface area contributed by atoms with Crippen molar-refractivity contribution < 1.29 is 9.53 Å². The molecular weight excluding hydrogens is 420 g/mol. The second-order valence-electron chi connectivity index (χ2n) is 9.76. The molecule has 3 aliphatic heterocycles. The number of benzene rings is 3. The van der Waals surface area contributed by atoms with Crippen LogP contribution in [0.15, 0.2) is 90.5 Å². The maximum absolute atomic E-state index is 14.6. The Labute approximate surface area is 201 Å². The molecule has 0 amide bonds. The Morgan fingerprint density at radius 3 is 2.18 bits per heavy atom. The number of hydrazine groups is 1. The molecule has 0 N–H and O–H groups in total. The van der Waals surface area contributed by atoms with E-state index in [0.29, 0.717) is 0 Å². The van der Waals surface area contributed by atoms with Crippen molar-refractivity contribution in [2.45, 2.75) is 43.8 Å². The molecule has 4 atom stereocenters. The van der Waals surface area contributed by atoms with Crippen LogP contribution in [-0.2, 0) is 4.79 Å². The number of nitrogens with zero attached hydrogens (tertiary/aromatic N) is 2. The van der Waals surface area contributed by atoms with E-state index in [1.54, 1.807) is 7.11 Å². The number of ether oxygens (including phenoxy) is 1. The van der Waals surface area contributed by atoms with E-state index in [1.807, 2.05) is 30.3 Å². The lowest BCUT2D eigenvalue weighted by Gasteiger charge is -2.52. The number of Topliss-reactive ketones (excluding diaryl/α,β-unsaturated/α-hetero) is 1. The molecule has 3 aromatic rings. The second kappa shape index (κ2) is 7.93. The third kappa shape index (κ3) is 2.88. The van der Waals surface area contributed by atoms with E-state index in [4.69, 9.17) is 4.74 Å². The van der Waals surface area contributed by atoms with E-state index < -0.39 is 5.54 Å². The number of hydrogen-bond donors (Lipinski definition) is 0. The average Bonchev–Trinajstić information content (AvgIpc) is 3.41. The first-order valence-corrected chi connectivity index (χ1v) is 12.1. The fourth-order valence-corrected chi connectivity index (χ4v) is 6.56. The molecule has 4 heteroatoms. The van der Waals surface area contributed by atoms with Crippen molar-refractivity contribution in [3.63, 3.8) is 0 Å². The van der Waals surface area contributed by atoms with Crippen molar-refractivity contribution in [3.05, 3.63) is 107 Å². The van der Waals surface area contributed by atoms with E-state index >= 15 is 0 Å². The Kier molecular flexibility index (Phi) is 4.98. The van der Waals surface area contributed by atoms with Gasteiger partial charge in [-0.15, -0.1) is 0 Å². The van der Waals surface area contributed by atoms with Crippen LogP contribution >= 0.6 is 0 Å². The maximum atomic E-state index is 14.6. The number of ketones is 1. The minimum absolute atomic E-state index is 0.0539. The first kappa shape index (κ1) is 21.3. The van der Waals surface area contributed by atoms with Gasteiger partial charge in [0.15, 0.2) is 5.78 Å². The lowest BCUT2D eigenvalue weighted by Crippen LogP contribution is -2.64. The van der Waals surface area contributed by atoms with Crippen LogP contribution in [0.2, 0.25) is 0 Å². The van der Waals surface area contributed by atoms with Crippen molar-refractivity contribution in [3.8, 4) is 5.75 Å². The lowest BCUT2D eigenvalue weighted by molar-refractivity contribution is -0.164. The van der Waals surface area contributed by atoms with Gasteiger partial charge in [-0.2, -0.15) is 0 Å². The van der Waals surface area contributed by atoms with Crippen LogP contribution in [0.1, 0.15) is 48.9 Å². The van der Waals surface area contributed by atoms with Gasteiger partial charge in [0.05, 0.1) is 25.1 Å². The minimum Gasteiger partial charge on any atom is -0.497 e. The van der Waals surface area contributed by atoms with Crippen LogP contribution in [0.4, 0.5) is 0 Å². The number of carbonyl (C=O) groups excluding carboxylic acids is 1. The molecule has 0 unspecified atom stereocenters. The fourth-order valence-electron chi connectivity index (χ4n) is 6.56. The van der Waals surface area contributed by atoms with Crippen LogP contribution in [-0.4, -0.2) is 41.0 Å². The Bertz CT molecular complexity index is 1250. The van der Waals surface area contributed by atoms with Crippen molar-refractivity contribution in [1.82, 2.24) is 10.0 Å². The van der Waals surface area contributed by atoms with Gasteiger partial charge >= 0.3 is 0 Å². The van der Waals surface area contributed by atoms with E-state index in [0.717, 1.165) is 29.8 Å². The summed E-state index contributed by atoms with van der Waals surface area (Å²) in [5, 5.41) is 4.91. The monoisotopic (exact) mass is 450 g/mol. The molecule has 3 heterocycles. The van der Waals surface area contributed by atoms with Gasteiger partial charge in [-0.3, -0.25) is 4.79 Å². The largest absolute Gasteiger partial charge is 0.497 e. The summed E-state index contributed by atoms with van der Waals surface area (Å²) in [6, 6.07) is 29.4. The molecule has 4 nitrogen and oxygen atoms in total. The van der Waals surface area contributed by atoms with Crippen molar-refractivity contribution in [1.29, 1.82) is 0 Å². The summed E-state index contributed by atoms with van der Waals surface area (Å²) < 4.78 is 5.42. The number of hydrogen-bond acceptors (Lipinski definition) is 4. The highest BCUT2D eigenvalue weighted by Crippen LogP contribution is 2.58. The van der Waals surface area contributed by atoms with E-state index in [1.165, 1.54) is 16.7 Å². The summed E-state index contributed by atoms with van der Waals surface area (Å²) >= 11 is 0. The van der Waals surface area contributed by atoms with Gasteiger partial charge in [0.2, 0.25) is 0 Å². The minimum atomic E-state index is -0.657. The zero-order chi connectivity index (χ0) is 23.4. The van der Waals surface area contributed by atoms with Crippen LogP contribution < -0.4 is 4.74 Å². The second-order valence-corrected chi connectivity index (χ2v) is 9.76. The summed E-state index contributed by atoms with van der Waals surface area (Å²) in [6.45, 7) is 5.25. The van der Waals surface area contributed by atoms with E-state index in [2.05, 4.69) is 78.5 Å². The van der Waals surface area contributed by atoms with Crippen molar-refractivity contribution >= 4 is 11.4 Å². The topological polar surface area (TPSA) is 32.8 Å². The summed E-state index contributed by atoms with van der Waals surface area (Å²) in [5.41, 5.74) is 5.31. The first-order valence-electron chi connectivity index (χ1n) is 12.1. The SMILES string of the molecule is COc1ccc([C@H]2[C@H](c3ccccc3)C(=O)[C@]3(C)C(C)=C(c4ccccc4)[C@@H]4CCN2N43)cc1. The average molecular weight is 451 g/mol. The fraction of sp³-hybridized carbons (Fsp3) is 0.300. The molecule has 3 aromatic carbocycles. The molecule has 6 rings (SSSR count). The highest BCUT2D eigenvalue weighted by molar-refractivity contribution is 6.02. The number of rotatable bonds is 4. The quantitative estimate of drug-likeness (QED) is 0.515. The molecule has 0 bridgehead atoms. The smallest absolute Gasteiger partial charge is 0.167 e. The van der Waals surface area contributed by atoms with Crippen molar-refractivity contribution in [2.24, 2.45) is 0 Å². The number of methoxy groups -OCH3 is 1. The molecule has 0 radical (unpaired) electrons. The molecule has 0 spiro atoms. The van der Waals surface area contributed by atoms with Crippen LogP contribution in [0.25, 0.3) is 5.57 Å². The summed E-state index contributed by atoms with van der Waals surface area (Å²) in [7, 11) is 1.69. The molecule has 0 saturated carbocycles. The molecule has 34 heavy (non-hydrogen) atoms. The Balaban J connectivity index is 1.54. The molecule has 2 fully saturated rings. The predicted molar refractivity (Wildman–Crippen MR) is 134 cm³/mol. The zero-order valence-corrected chi connectivity index (χ0v) is 19.9. The van der Waals surface area contributed by atoms with Crippen LogP contribution in [0.5, 0.6) is 5.75 Å². The molecule has 0 aliphatic carbocycles. The van der Waals surface area contributed by atoms with Gasteiger partial charge in [0.1, 0.15) is 11.3 Å². The van der Waals surface area contributed by atoms with Gasteiger partial charge in [-0.1, -0.05) is 72.8 Å². The summed E-state index contributed by atoms with van der Waals surface area (Å²) in [6.07, 6.45) is 1.01. The zero-order valence-electron chi connectivity index (χ0n) is 19.9. The Morgan fingerprint density at radius 1 is 0.882 bits per heavy atom. The predicted octanol–water partition coefficient (Wildman–Crippen LogP) is 5.64. The normalized spacial score (nSPS) is 28.9. The lowest BCUT2D eigenvalue weighted by atomic mass is 9.72. The molecule has 0 aromatic heterocycles. The molecule has 2 saturated heterocycles. The first-order chi connectivity index (χ1) is 16.6. The van der Waals surface area contributed by atoms with E-state index in [-0.39, 0.29) is 23.8 Å². The van der Waals surface area contributed by atoms with Gasteiger partial charge in [-0.25, -0.2) is 10.0 Å².